The highest BCUT2D eigenvalue weighted by molar-refractivity contribution is 6.33. The third kappa shape index (κ3) is 3.56. The van der Waals surface area contributed by atoms with Crippen LogP contribution in [0.4, 0.5) is 10.1 Å². The quantitative estimate of drug-likeness (QED) is 0.857. The Kier molecular flexibility index (Phi) is 5.22. The van der Waals surface area contributed by atoms with Gasteiger partial charge in [-0.05, 0) is 48.7 Å². The molecule has 28 heavy (non-hydrogen) atoms. The smallest absolute Gasteiger partial charge is 0.254 e. The van der Waals surface area contributed by atoms with Crippen LogP contribution in [0.5, 0.6) is 0 Å². The van der Waals surface area contributed by atoms with Crippen LogP contribution in [0.25, 0.3) is 0 Å². The van der Waals surface area contributed by atoms with Gasteiger partial charge in [0.15, 0.2) is 0 Å². The molecule has 0 bridgehead atoms. The van der Waals surface area contributed by atoms with Crippen LogP contribution in [0.15, 0.2) is 42.5 Å². The second-order valence-electron chi connectivity index (χ2n) is 7.10. The number of carbonyl (C=O) groups excluding carboxylic acids is 2. The zero-order chi connectivity index (χ0) is 19.7. The van der Waals surface area contributed by atoms with E-state index in [9.17, 15) is 14.0 Å². The third-order valence-corrected chi connectivity index (χ3v) is 5.60. The molecule has 1 unspecified atom stereocenters. The van der Waals surface area contributed by atoms with E-state index in [1.807, 2.05) is 6.07 Å². The molecule has 2 aliphatic heterocycles. The first kappa shape index (κ1) is 18.7. The summed E-state index contributed by atoms with van der Waals surface area (Å²) in [6.07, 6.45) is 2.28. The fourth-order valence-electron chi connectivity index (χ4n) is 3.88. The van der Waals surface area contributed by atoms with Crippen molar-refractivity contribution in [2.75, 3.05) is 31.1 Å². The zero-order valence-electron chi connectivity index (χ0n) is 15.3. The van der Waals surface area contributed by atoms with Crippen LogP contribution in [0.2, 0.25) is 5.02 Å². The topological polar surface area (TPSA) is 52.7 Å². The lowest BCUT2D eigenvalue weighted by atomic mass is 10.0. The number of carbonyl (C=O) groups is 2. The van der Waals surface area contributed by atoms with Crippen LogP contribution in [0.3, 0.4) is 0 Å². The number of rotatable bonds is 3. The van der Waals surface area contributed by atoms with E-state index in [0.717, 1.165) is 31.6 Å². The molecular formula is C21H21ClFN3O2. The molecule has 2 heterocycles. The van der Waals surface area contributed by atoms with Crippen LogP contribution in [0, 0.1) is 5.82 Å². The predicted molar refractivity (Wildman–Crippen MR) is 106 cm³/mol. The van der Waals surface area contributed by atoms with E-state index in [4.69, 9.17) is 11.6 Å². The van der Waals surface area contributed by atoms with Crippen molar-refractivity contribution < 1.29 is 14.0 Å². The zero-order valence-corrected chi connectivity index (χ0v) is 16.1. The minimum absolute atomic E-state index is 0.265. The summed E-state index contributed by atoms with van der Waals surface area (Å²) in [6.45, 7) is 2.68. The standard InChI is InChI=1S/C21H21ClFN3O2/c22-17-13-15(5-8-18(17)25-10-1-2-11-25)21(28)26-12-9-24-20(27)19(26)14-3-6-16(23)7-4-14/h3-8,13,19H,1-2,9-12H2,(H,24,27). The molecule has 2 aromatic rings. The molecule has 1 atom stereocenters. The van der Waals surface area contributed by atoms with E-state index in [1.54, 1.807) is 12.1 Å². The minimum Gasteiger partial charge on any atom is -0.370 e. The average Bonchev–Trinajstić information content (AvgIpc) is 3.22. The molecule has 2 aromatic carbocycles. The monoisotopic (exact) mass is 401 g/mol. The van der Waals surface area contributed by atoms with Gasteiger partial charge >= 0.3 is 0 Å². The van der Waals surface area contributed by atoms with Crippen LogP contribution in [-0.4, -0.2) is 42.9 Å². The van der Waals surface area contributed by atoms with E-state index in [-0.39, 0.29) is 17.6 Å². The molecule has 0 aliphatic carbocycles. The normalized spacial score (nSPS) is 19.6. The Morgan fingerprint density at radius 1 is 1.07 bits per heavy atom. The number of anilines is 1. The van der Waals surface area contributed by atoms with E-state index in [0.29, 0.717) is 29.2 Å². The molecule has 2 saturated heterocycles. The Labute approximate surface area is 168 Å². The van der Waals surface area contributed by atoms with E-state index >= 15 is 0 Å². The summed E-state index contributed by atoms with van der Waals surface area (Å²) < 4.78 is 13.3. The van der Waals surface area contributed by atoms with Gasteiger partial charge in [-0.15, -0.1) is 0 Å². The highest BCUT2D eigenvalue weighted by Crippen LogP contribution is 2.31. The fraction of sp³-hybridized carbons (Fsp3) is 0.333. The summed E-state index contributed by atoms with van der Waals surface area (Å²) in [7, 11) is 0. The highest BCUT2D eigenvalue weighted by atomic mass is 35.5. The minimum atomic E-state index is -0.793. The van der Waals surface area contributed by atoms with Crippen molar-refractivity contribution in [1.29, 1.82) is 0 Å². The highest BCUT2D eigenvalue weighted by Gasteiger charge is 2.35. The van der Waals surface area contributed by atoms with Crippen molar-refractivity contribution in [3.05, 3.63) is 64.4 Å². The first-order valence-electron chi connectivity index (χ1n) is 9.43. The molecule has 1 N–H and O–H groups in total. The van der Waals surface area contributed by atoms with Gasteiger partial charge in [-0.1, -0.05) is 23.7 Å². The van der Waals surface area contributed by atoms with Gasteiger partial charge in [-0.25, -0.2) is 4.39 Å². The average molecular weight is 402 g/mol. The molecule has 146 valence electrons. The Morgan fingerprint density at radius 2 is 1.79 bits per heavy atom. The third-order valence-electron chi connectivity index (χ3n) is 5.30. The van der Waals surface area contributed by atoms with E-state index < -0.39 is 6.04 Å². The Balaban J connectivity index is 1.62. The Hall–Kier alpha value is -2.60. The van der Waals surface area contributed by atoms with Crippen LogP contribution in [0.1, 0.15) is 34.8 Å². The first-order chi connectivity index (χ1) is 13.5. The van der Waals surface area contributed by atoms with Crippen molar-refractivity contribution in [3.63, 3.8) is 0 Å². The second-order valence-corrected chi connectivity index (χ2v) is 7.51. The van der Waals surface area contributed by atoms with Gasteiger partial charge in [0.05, 0.1) is 10.7 Å². The summed E-state index contributed by atoms with van der Waals surface area (Å²) in [6, 6.07) is 10.2. The SMILES string of the molecule is O=C1NCCN(C(=O)c2ccc(N3CCCC3)c(Cl)c2)C1c1ccc(F)cc1. The van der Waals surface area contributed by atoms with Crippen LogP contribution in [-0.2, 0) is 4.79 Å². The van der Waals surface area contributed by atoms with E-state index in [2.05, 4.69) is 10.2 Å². The summed E-state index contributed by atoms with van der Waals surface area (Å²) in [5.41, 5.74) is 1.95. The second kappa shape index (κ2) is 7.80. The first-order valence-corrected chi connectivity index (χ1v) is 9.81. The summed E-state index contributed by atoms with van der Waals surface area (Å²) in [5.74, 6) is -0.924. The number of halogens is 2. The molecule has 2 aliphatic rings. The van der Waals surface area contributed by atoms with Gasteiger partial charge in [0.1, 0.15) is 11.9 Å². The van der Waals surface area contributed by atoms with Crippen molar-refractivity contribution in [3.8, 4) is 0 Å². The summed E-state index contributed by atoms with van der Waals surface area (Å²) in [4.78, 5) is 29.4. The van der Waals surface area contributed by atoms with Gasteiger partial charge in [0.2, 0.25) is 5.91 Å². The van der Waals surface area contributed by atoms with Crippen LogP contribution < -0.4 is 10.2 Å². The number of nitrogens with one attached hydrogen (secondary N) is 1. The molecule has 2 amide bonds. The Bertz CT molecular complexity index is 897. The predicted octanol–water partition coefficient (Wildman–Crippen LogP) is 3.39. The van der Waals surface area contributed by atoms with Crippen molar-refractivity contribution in [2.24, 2.45) is 0 Å². The molecule has 4 rings (SSSR count). The van der Waals surface area contributed by atoms with Crippen LogP contribution >= 0.6 is 11.6 Å². The molecule has 7 heteroatoms. The van der Waals surface area contributed by atoms with Gasteiger partial charge in [0.25, 0.3) is 5.91 Å². The lowest BCUT2D eigenvalue weighted by molar-refractivity contribution is -0.128. The van der Waals surface area contributed by atoms with Crippen molar-refractivity contribution in [2.45, 2.75) is 18.9 Å². The summed E-state index contributed by atoms with van der Waals surface area (Å²) in [5, 5.41) is 3.31. The molecule has 2 fully saturated rings. The number of piperazine rings is 1. The van der Waals surface area contributed by atoms with Gasteiger partial charge in [-0.2, -0.15) is 0 Å². The maximum absolute atomic E-state index is 13.3. The van der Waals surface area contributed by atoms with Gasteiger partial charge in [-0.3, -0.25) is 9.59 Å². The number of amides is 2. The summed E-state index contributed by atoms with van der Waals surface area (Å²) >= 11 is 6.46. The maximum atomic E-state index is 13.3. The lowest BCUT2D eigenvalue weighted by Crippen LogP contribution is -2.52. The molecule has 0 spiro atoms. The molecular weight excluding hydrogens is 381 g/mol. The Morgan fingerprint density at radius 3 is 2.46 bits per heavy atom. The fourth-order valence-corrected chi connectivity index (χ4v) is 4.18. The molecule has 0 radical (unpaired) electrons. The number of hydrogen-bond acceptors (Lipinski definition) is 3. The lowest BCUT2D eigenvalue weighted by Gasteiger charge is -2.35. The van der Waals surface area contributed by atoms with Gasteiger partial charge in [0, 0.05) is 31.7 Å². The number of benzene rings is 2. The van der Waals surface area contributed by atoms with Gasteiger partial charge < -0.3 is 15.1 Å². The van der Waals surface area contributed by atoms with Crippen molar-refractivity contribution in [1.82, 2.24) is 10.2 Å². The molecule has 0 aromatic heterocycles. The largest absolute Gasteiger partial charge is 0.370 e. The molecule has 5 nitrogen and oxygen atoms in total. The maximum Gasteiger partial charge on any atom is 0.254 e. The van der Waals surface area contributed by atoms with E-state index in [1.165, 1.54) is 29.2 Å². The van der Waals surface area contributed by atoms with Crippen molar-refractivity contribution >= 4 is 29.1 Å². The number of nitrogens with zero attached hydrogens (tertiary/aromatic N) is 2. The molecule has 0 saturated carbocycles. The number of hydrogen-bond donors (Lipinski definition) is 1.